The van der Waals surface area contributed by atoms with E-state index in [1.807, 2.05) is 73.9 Å². The first-order valence-corrected chi connectivity index (χ1v) is 34.0. The summed E-state index contributed by atoms with van der Waals surface area (Å²) in [5, 5.41) is 28.5. The molecule has 9 amide bonds. The second kappa shape index (κ2) is 30.6. The van der Waals surface area contributed by atoms with Crippen molar-refractivity contribution in [2.75, 3.05) is 74.0 Å². The maximum Gasteiger partial charge on any atom is 0.416 e. The molecule has 1 aliphatic carbocycles. The van der Waals surface area contributed by atoms with Crippen molar-refractivity contribution < 1.29 is 71.9 Å². The first-order chi connectivity index (χ1) is 49.2. The smallest absolute Gasteiger partial charge is 0.416 e. The molecule has 6 aromatic rings. The molecule has 7 N–H and O–H groups in total. The third-order valence-corrected chi connectivity index (χ3v) is 19.1. The number of aryl methyl sites for hydroxylation is 1. The van der Waals surface area contributed by atoms with Crippen molar-refractivity contribution in [1.82, 2.24) is 36.1 Å². The Balaban J connectivity index is 0.605. The number of carbonyl (C=O) groups is 9. The standard InChI is InChI=1S/C76H81N11O15/c1-44(2)69(83-67(90)39-80-66(89)38-79-65(88)24-25-68(91)85-40-51-14-8-7-12-48(51)20-21-49-13-9-10-15-58(49)85)71(93)81-46(4)70(92)82-53-22-17-47(18-23-53)42-102-75(97)87-59-34-64(62(99-6)32-56(59)73(95)86-43-76(26-27-76)35-60(86)74(87)96)101-29-11-28-100-63-33-57-55(31-61(63)98-5)72(94)84-41-52(30-54(84)37-78-57)50-19-16-45(3)77-36-50/h7-10,12-19,22-23,31-34,36,41,44,46,54,60,69,74,78,96H,11,24-30,35,37-40,42-43H2,1-6H3,(H,79,88)(H,80,89)(H,81,93)(H,82,92)(H,83,90)/t46-,54-,60-,69-,74?/m0/s1. The average Bonchev–Trinajstić information content (AvgIpc) is 1.51. The van der Waals surface area contributed by atoms with Gasteiger partial charge in [-0.25, -0.2) is 9.69 Å². The van der Waals surface area contributed by atoms with Crippen molar-refractivity contribution in [2.24, 2.45) is 11.3 Å². The number of para-hydroxylation sites is 1. The molecular formula is C76H81N11O15. The second-order valence-electron chi connectivity index (χ2n) is 26.6. The van der Waals surface area contributed by atoms with Gasteiger partial charge in [-0.3, -0.25) is 43.3 Å². The van der Waals surface area contributed by atoms with Gasteiger partial charge in [0.2, 0.25) is 35.4 Å². The van der Waals surface area contributed by atoms with Crippen LogP contribution in [0.5, 0.6) is 23.0 Å². The summed E-state index contributed by atoms with van der Waals surface area (Å²) in [6, 6.07) is 28.6. The van der Waals surface area contributed by atoms with E-state index in [0.29, 0.717) is 77.6 Å². The number of hydrogen-bond donors (Lipinski definition) is 7. The third-order valence-electron chi connectivity index (χ3n) is 19.1. The lowest BCUT2D eigenvalue weighted by Crippen LogP contribution is -2.55. The highest BCUT2D eigenvalue weighted by molar-refractivity contribution is 6.07. The van der Waals surface area contributed by atoms with Crippen LogP contribution in [0.25, 0.3) is 5.57 Å². The minimum Gasteiger partial charge on any atom is -0.493 e. The van der Waals surface area contributed by atoms with Crippen molar-refractivity contribution in [1.29, 1.82) is 0 Å². The lowest BCUT2D eigenvalue weighted by Gasteiger charge is -2.31. The quantitative estimate of drug-likeness (QED) is 0.0238. The summed E-state index contributed by atoms with van der Waals surface area (Å²) < 4.78 is 29.9. The number of aromatic nitrogens is 1. The SMILES string of the molecule is COc1cc2c(cc1OCCCOc1cc3c(cc1OC)C(=O)N1CC4(CC4)C[C@H]1C(O)N3C(=O)OCc1ccc(NC(=O)[C@H](C)NC(=O)[C@@H](NC(=O)CNC(=O)CNC(=O)CCC(=O)N3Cc4ccccc4C#Cc4ccccc43)C(C)C)cc1)NC[C@@H]1CC(c3ccc(C)nc3)=CN1C2=O. The number of rotatable bonds is 24. The fourth-order valence-corrected chi connectivity index (χ4v) is 13.2. The molecule has 5 aliphatic heterocycles. The maximum atomic E-state index is 14.5. The average molecular weight is 1390 g/mol. The fraction of sp³-hybridized carbons (Fsp3) is 0.368. The molecule has 1 saturated heterocycles. The maximum absolute atomic E-state index is 14.5. The summed E-state index contributed by atoms with van der Waals surface area (Å²) in [6.07, 6.45) is 4.22. The third kappa shape index (κ3) is 15.8. The minimum absolute atomic E-state index is 0.0583. The second-order valence-corrected chi connectivity index (χ2v) is 26.6. The van der Waals surface area contributed by atoms with Crippen LogP contribution in [-0.4, -0.2) is 157 Å². The Bertz CT molecular complexity index is 4370. The summed E-state index contributed by atoms with van der Waals surface area (Å²) in [6.45, 7) is 6.97. The zero-order chi connectivity index (χ0) is 71.9. The lowest BCUT2D eigenvalue weighted by atomic mass is 10.0. The van der Waals surface area contributed by atoms with Crippen molar-refractivity contribution >= 4 is 81.7 Å². The number of hydrogen-bond acceptors (Lipinski definition) is 17. The summed E-state index contributed by atoms with van der Waals surface area (Å²) in [4.78, 5) is 133. The van der Waals surface area contributed by atoms with E-state index in [1.54, 1.807) is 71.0 Å². The van der Waals surface area contributed by atoms with Crippen LogP contribution < -0.4 is 60.6 Å². The molecule has 0 radical (unpaired) electrons. The van der Waals surface area contributed by atoms with Gasteiger partial charge < -0.3 is 75.4 Å². The van der Waals surface area contributed by atoms with Crippen molar-refractivity contribution in [2.45, 2.75) is 116 Å². The molecule has 530 valence electrons. The number of anilines is 4. The lowest BCUT2D eigenvalue weighted by molar-refractivity contribution is -0.132. The van der Waals surface area contributed by atoms with Gasteiger partial charge in [-0.2, -0.15) is 0 Å². The van der Waals surface area contributed by atoms with E-state index in [9.17, 15) is 48.3 Å². The minimum atomic E-state index is -1.50. The number of aliphatic hydroxyl groups excluding tert-OH is 1. The molecule has 102 heavy (non-hydrogen) atoms. The number of nitrogens with zero attached hydrogens (tertiary/aromatic N) is 5. The topological polar surface area (TPSA) is 318 Å². The highest BCUT2D eigenvalue weighted by atomic mass is 16.6. The van der Waals surface area contributed by atoms with E-state index in [-0.39, 0.29) is 91.1 Å². The van der Waals surface area contributed by atoms with Gasteiger partial charge in [-0.1, -0.05) is 74.2 Å². The van der Waals surface area contributed by atoms with Gasteiger partial charge >= 0.3 is 6.09 Å². The number of aliphatic hydroxyl groups is 1. The van der Waals surface area contributed by atoms with E-state index in [1.165, 1.54) is 33.3 Å². The van der Waals surface area contributed by atoms with Crippen LogP contribution in [0.3, 0.4) is 0 Å². The van der Waals surface area contributed by atoms with Crippen molar-refractivity contribution in [3.63, 3.8) is 0 Å². The molecule has 5 atom stereocenters. The van der Waals surface area contributed by atoms with Crippen LogP contribution in [0.4, 0.5) is 27.5 Å². The monoisotopic (exact) mass is 1390 g/mol. The van der Waals surface area contributed by atoms with E-state index in [4.69, 9.17) is 23.7 Å². The summed E-state index contributed by atoms with van der Waals surface area (Å²) in [7, 11) is 2.95. The normalized spacial score (nSPS) is 17.8. The van der Waals surface area contributed by atoms with Gasteiger partial charge in [0.05, 0.1) is 87.3 Å². The van der Waals surface area contributed by atoms with Crippen LogP contribution in [0.15, 0.2) is 122 Å². The number of carbonyl (C=O) groups excluding carboxylic acids is 9. The summed E-state index contributed by atoms with van der Waals surface area (Å²) in [5.41, 5.74) is 7.81. The van der Waals surface area contributed by atoms with Crippen LogP contribution in [0, 0.1) is 30.1 Å². The Hall–Kier alpha value is -11.5. The first kappa shape index (κ1) is 70.4. The van der Waals surface area contributed by atoms with E-state index >= 15 is 0 Å². The zero-order valence-corrected chi connectivity index (χ0v) is 57.5. The largest absolute Gasteiger partial charge is 0.493 e. The molecule has 1 spiro atoms. The van der Waals surface area contributed by atoms with Crippen molar-refractivity contribution in [3.05, 3.63) is 166 Å². The number of pyridine rings is 1. The van der Waals surface area contributed by atoms with E-state index in [0.717, 1.165) is 45.7 Å². The molecule has 6 heterocycles. The van der Waals surface area contributed by atoms with E-state index in [2.05, 4.69) is 48.7 Å². The molecule has 2 fully saturated rings. The molecule has 1 unspecified atom stereocenters. The van der Waals surface area contributed by atoms with Crippen LogP contribution in [-0.2, 0) is 46.7 Å². The van der Waals surface area contributed by atoms with Gasteiger partial charge in [0.15, 0.2) is 29.2 Å². The van der Waals surface area contributed by atoms with Gasteiger partial charge in [0.1, 0.15) is 18.7 Å². The molecule has 26 nitrogen and oxygen atoms in total. The van der Waals surface area contributed by atoms with Gasteiger partial charge in [0, 0.05) is 79.4 Å². The van der Waals surface area contributed by atoms with Crippen molar-refractivity contribution in [3.8, 4) is 34.8 Å². The van der Waals surface area contributed by atoms with Gasteiger partial charge in [0.25, 0.3) is 11.8 Å². The predicted molar refractivity (Wildman–Crippen MR) is 376 cm³/mol. The van der Waals surface area contributed by atoms with Crippen LogP contribution in [0.1, 0.15) is 120 Å². The Morgan fingerprint density at radius 3 is 2.14 bits per heavy atom. The van der Waals surface area contributed by atoms with Crippen LogP contribution >= 0.6 is 0 Å². The number of methoxy groups -OCH3 is 2. The van der Waals surface area contributed by atoms with Crippen LogP contribution in [0.2, 0.25) is 0 Å². The molecule has 1 aromatic heterocycles. The number of benzene rings is 5. The summed E-state index contributed by atoms with van der Waals surface area (Å²) >= 11 is 0. The molecule has 26 heteroatoms. The summed E-state index contributed by atoms with van der Waals surface area (Å²) in [5.74, 6) is 3.03. The Kier molecular flexibility index (Phi) is 21.1. The molecule has 6 aliphatic rings. The molecule has 5 aromatic carbocycles. The first-order valence-electron chi connectivity index (χ1n) is 34.0. The van der Waals surface area contributed by atoms with Gasteiger partial charge in [-0.15, -0.1) is 0 Å². The zero-order valence-electron chi connectivity index (χ0n) is 57.5. The fourth-order valence-electron chi connectivity index (χ4n) is 13.2. The Morgan fingerprint density at radius 1 is 0.735 bits per heavy atom. The highest BCUT2D eigenvalue weighted by Crippen LogP contribution is 2.57. The number of fused-ring (bicyclic) bond motifs is 6. The predicted octanol–water partition coefficient (Wildman–Crippen LogP) is 6.95. The molecule has 1 saturated carbocycles. The molecule has 12 rings (SSSR count). The molecular weight excluding hydrogens is 1310 g/mol. The highest BCUT2D eigenvalue weighted by Gasteiger charge is 2.58. The van der Waals surface area contributed by atoms with Gasteiger partial charge in [-0.05, 0) is 122 Å². The number of amides is 9. The Labute approximate surface area is 589 Å². The number of nitrogens with one attached hydrogen (secondary N) is 6. The number of ether oxygens (including phenoxy) is 5. The Morgan fingerprint density at radius 2 is 1.42 bits per heavy atom. The van der Waals surface area contributed by atoms with E-state index < -0.39 is 79.0 Å². The molecule has 0 bridgehead atoms.